The molecule has 0 fully saturated rings. The van der Waals surface area contributed by atoms with Crippen molar-refractivity contribution < 1.29 is 9.47 Å². The lowest BCUT2D eigenvalue weighted by molar-refractivity contribution is 0.121. The average Bonchev–Trinajstić information content (AvgIpc) is 2.42. The lowest BCUT2D eigenvalue weighted by Crippen LogP contribution is -2.38. The molecule has 1 unspecified atom stereocenters. The third-order valence-corrected chi connectivity index (χ3v) is 2.85. The predicted molar refractivity (Wildman–Crippen MR) is 76.9 cm³/mol. The van der Waals surface area contributed by atoms with Crippen molar-refractivity contribution in [3.63, 3.8) is 0 Å². The van der Waals surface area contributed by atoms with Gasteiger partial charge in [-0.05, 0) is 36.8 Å². The highest BCUT2D eigenvalue weighted by atomic mass is 32.1. The Hall–Kier alpha value is -1.33. The van der Waals surface area contributed by atoms with Gasteiger partial charge >= 0.3 is 0 Å². The van der Waals surface area contributed by atoms with E-state index in [2.05, 4.69) is 10.6 Å². The van der Waals surface area contributed by atoms with E-state index in [0.29, 0.717) is 18.2 Å². The summed E-state index contributed by atoms with van der Waals surface area (Å²) < 4.78 is 10.2. The van der Waals surface area contributed by atoms with Gasteiger partial charge in [-0.15, -0.1) is 0 Å². The van der Waals surface area contributed by atoms with Gasteiger partial charge in [0, 0.05) is 20.2 Å². The molecule has 0 aromatic heterocycles. The standard InChI is InChI=1S/C13H20N2O2S/c1-10(16-2)8-14-13(18)15-9-11-4-6-12(17-3)7-5-11/h4-7,10H,8-9H2,1-3H3,(H2,14,15,18). The minimum absolute atomic E-state index is 0.144. The monoisotopic (exact) mass is 268 g/mol. The van der Waals surface area contributed by atoms with Crippen molar-refractivity contribution in [2.24, 2.45) is 0 Å². The average molecular weight is 268 g/mol. The van der Waals surface area contributed by atoms with Gasteiger partial charge in [-0.25, -0.2) is 0 Å². The quantitative estimate of drug-likeness (QED) is 0.769. The SMILES string of the molecule is COc1ccc(CNC(=S)NCC(C)OC)cc1. The van der Waals surface area contributed by atoms with Crippen molar-refractivity contribution in [3.05, 3.63) is 29.8 Å². The van der Waals surface area contributed by atoms with Crippen molar-refractivity contribution in [1.29, 1.82) is 0 Å². The van der Waals surface area contributed by atoms with Crippen LogP contribution >= 0.6 is 12.2 Å². The highest BCUT2D eigenvalue weighted by molar-refractivity contribution is 7.80. The molecule has 0 heterocycles. The number of benzene rings is 1. The van der Waals surface area contributed by atoms with Gasteiger partial charge in [0.2, 0.25) is 0 Å². The fourth-order valence-electron chi connectivity index (χ4n) is 1.31. The molecule has 18 heavy (non-hydrogen) atoms. The second-order valence-electron chi connectivity index (χ2n) is 3.96. The molecule has 1 rings (SSSR count). The summed E-state index contributed by atoms with van der Waals surface area (Å²) in [5.74, 6) is 0.855. The normalized spacial score (nSPS) is 11.7. The van der Waals surface area contributed by atoms with Crippen molar-refractivity contribution >= 4 is 17.3 Å². The molecule has 0 amide bonds. The van der Waals surface area contributed by atoms with Gasteiger partial charge in [0.25, 0.3) is 0 Å². The minimum atomic E-state index is 0.144. The molecule has 0 aliphatic heterocycles. The third-order valence-electron chi connectivity index (χ3n) is 2.56. The summed E-state index contributed by atoms with van der Waals surface area (Å²) in [5, 5.41) is 6.87. The van der Waals surface area contributed by atoms with Gasteiger partial charge in [-0.1, -0.05) is 12.1 Å². The van der Waals surface area contributed by atoms with Gasteiger partial charge in [0.1, 0.15) is 5.75 Å². The number of nitrogens with one attached hydrogen (secondary N) is 2. The Morgan fingerprint density at radius 2 is 1.89 bits per heavy atom. The first kappa shape index (κ1) is 14.7. The summed E-state index contributed by atoms with van der Waals surface area (Å²) in [6, 6.07) is 7.87. The highest BCUT2D eigenvalue weighted by Gasteiger charge is 2.01. The fraction of sp³-hybridized carbons (Fsp3) is 0.462. The predicted octanol–water partition coefficient (Wildman–Crippen LogP) is 1.69. The van der Waals surface area contributed by atoms with Crippen LogP contribution in [-0.4, -0.2) is 32.0 Å². The van der Waals surface area contributed by atoms with Crippen LogP contribution in [0.25, 0.3) is 0 Å². The molecule has 4 nitrogen and oxygen atoms in total. The summed E-state index contributed by atoms with van der Waals surface area (Å²) in [6.07, 6.45) is 0.144. The number of thiocarbonyl (C=S) groups is 1. The van der Waals surface area contributed by atoms with Crippen LogP contribution in [0.5, 0.6) is 5.75 Å². The van der Waals surface area contributed by atoms with E-state index in [1.165, 1.54) is 0 Å². The minimum Gasteiger partial charge on any atom is -0.497 e. The number of methoxy groups -OCH3 is 2. The molecule has 1 aromatic rings. The van der Waals surface area contributed by atoms with E-state index in [-0.39, 0.29) is 6.10 Å². The molecule has 1 aromatic carbocycles. The Morgan fingerprint density at radius 1 is 1.22 bits per heavy atom. The molecule has 0 radical (unpaired) electrons. The zero-order chi connectivity index (χ0) is 13.4. The maximum absolute atomic E-state index is 5.17. The molecule has 0 spiro atoms. The Bertz CT molecular complexity index is 368. The van der Waals surface area contributed by atoms with E-state index < -0.39 is 0 Å². The van der Waals surface area contributed by atoms with E-state index >= 15 is 0 Å². The van der Waals surface area contributed by atoms with E-state index in [1.807, 2.05) is 31.2 Å². The molecule has 100 valence electrons. The third kappa shape index (κ3) is 5.33. The van der Waals surface area contributed by atoms with E-state index in [4.69, 9.17) is 21.7 Å². The maximum Gasteiger partial charge on any atom is 0.166 e. The van der Waals surface area contributed by atoms with Gasteiger partial charge < -0.3 is 20.1 Å². The lowest BCUT2D eigenvalue weighted by atomic mass is 10.2. The number of ether oxygens (including phenoxy) is 2. The first-order valence-corrected chi connectivity index (χ1v) is 6.24. The smallest absolute Gasteiger partial charge is 0.166 e. The maximum atomic E-state index is 5.17. The topological polar surface area (TPSA) is 42.5 Å². The van der Waals surface area contributed by atoms with E-state index in [0.717, 1.165) is 11.3 Å². The number of hydrogen-bond donors (Lipinski definition) is 2. The Morgan fingerprint density at radius 3 is 2.44 bits per heavy atom. The molecule has 0 saturated carbocycles. The van der Waals surface area contributed by atoms with Crippen molar-refractivity contribution in [2.45, 2.75) is 19.6 Å². The van der Waals surface area contributed by atoms with Gasteiger partial charge in [0.15, 0.2) is 5.11 Å². The summed E-state index contributed by atoms with van der Waals surface area (Å²) in [6.45, 7) is 3.38. The molecular weight excluding hydrogens is 248 g/mol. The zero-order valence-electron chi connectivity index (χ0n) is 11.0. The van der Waals surface area contributed by atoms with Crippen LogP contribution in [0.3, 0.4) is 0 Å². The number of rotatable bonds is 6. The van der Waals surface area contributed by atoms with E-state index in [9.17, 15) is 0 Å². The first-order valence-electron chi connectivity index (χ1n) is 5.83. The first-order chi connectivity index (χ1) is 8.65. The van der Waals surface area contributed by atoms with Crippen LogP contribution in [-0.2, 0) is 11.3 Å². The molecule has 0 aliphatic carbocycles. The van der Waals surface area contributed by atoms with Gasteiger partial charge in [-0.2, -0.15) is 0 Å². The van der Waals surface area contributed by atoms with Crippen LogP contribution in [0.2, 0.25) is 0 Å². The van der Waals surface area contributed by atoms with Gasteiger partial charge in [0.05, 0.1) is 13.2 Å². The summed E-state index contributed by atoms with van der Waals surface area (Å²) >= 11 is 5.17. The molecule has 5 heteroatoms. The largest absolute Gasteiger partial charge is 0.497 e. The van der Waals surface area contributed by atoms with Crippen molar-refractivity contribution in [2.75, 3.05) is 20.8 Å². The highest BCUT2D eigenvalue weighted by Crippen LogP contribution is 2.10. The molecule has 0 aliphatic rings. The van der Waals surface area contributed by atoms with Crippen LogP contribution in [0, 0.1) is 0 Å². The second-order valence-corrected chi connectivity index (χ2v) is 4.37. The lowest BCUT2D eigenvalue weighted by Gasteiger charge is -2.14. The Labute approximate surface area is 114 Å². The molecular formula is C13H20N2O2S. The van der Waals surface area contributed by atoms with Crippen LogP contribution < -0.4 is 15.4 Å². The van der Waals surface area contributed by atoms with Crippen LogP contribution in [0.15, 0.2) is 24.3 Å². The fourth-order valence-corrected chi connectivity index (χ4v) is 1.46. The van der Waals surface area contributed by atoms with Crippen LogP contribution in [0.1, 0.15) is 12.5 Å². The number of hydrogen-bond acceptors (Lipinski definition) is 3. The summed E-state index contributed by atoms with van der Waals surface area (Å²) in [5.41, 5.74) is 1.15. The van der Waals surface area contributed by atoms with E-state index in [1.54, 1.807) is 14.2 Å². The Kier molecular flexibility index (Phi) is 6.46. The summed E-state index contributed by atoms with van der Waals surface area (Å²) in [4.78, 5) is 0. The second kappa shape index (κ2) is 7.89. The molecule has 0 saturated heterocycles. The summed E-state index contributed by atoms with van der Waals surface area (Å²) in [7, 11) is 3.34. The Balaban J connectivity index is 2.29. The van der Waals surface area contributed by atoms with Crippen molar-refractivity contribution in [1.82, 2.24) is 10.6 Å². The van der Waals surface area contributed by atoms with Crippen LogP contribution in [0.4, 0.5) is 0 Å². The molecule has 0 bridgehead atoms. The van der Waals surface area contributed by atoms with Gasteiger partial charge in [-0.3, -0.25) is 0 Å². The molecule has 2 N–H and O–H groups in total. The zero-order valence-corrected chi connectivity index (χ0v) is 11.8. The molecule has 1 atom stereocenters. The van der Waals surface area contributed by atoms with Crippen molar-refractivity contribution in [3.8, 4) is 5.75 Å².